The third-order valence-corrected chi connectivity index (χ3v) is 7.15. The molecule has 0 spiro atoms. The average Bonchev–Trinajstić information content (AvgIpc) is 3.30. The van der Waals surface area contributed by atoms with Gasteiger partial charge >= 0.3 is 0 Å². The van der Waals surface area contributed by atoms with Crippen LogP contribution < -0.4 is 21.1 Å². The minimum absolute atomic E-state index is 0.0146. The number of fused-ring (bicyclic) bond motifs is 3. The maximum atomic E-state index is 13.1. The Morgan fingerprint density at radius 3 is 2.57 bits per heavy atom. The lowest BCUT2D eigenvalue weighted by Crippen LogP contribution is -2.38. The molecule has 4 aromatic rings. The van der Waals surface area contributed by atoms with E-state index in [0.29, 0.717) is 41.1 Å². The van der Waals surface area contributed by atoms with Gasteiger partial charge in [0.25, 0.3) is 0 Å². The number of nitrogen functional groups attached to an aromatic ring is 1. The van der Waals surface area contributed by atoms with Gasteiger partial charge in [0.05, 0.1) is 37.2 Å². The van der Waals surface area contributed by atoms with Crippen molar-refractivity contribution in [3.8, 4) is 17.2 Å². The number of carbonyl (C=O) groups is 2. The number of aliphatic imine (C=N–C) groups is 1. The minimum atomic E-state index is -0.682. The fraction of sp³-hybridized carbons (Fsp3) is 0.233. The third kappa shape index (κ3) is 6.21. The summed E-state index contributed by atoms with van der Waals surface area (Å²) >= 11 is 6.16. The SMILES string of the molecule is COc1ccc2c(c1)C(c1ccc(Cl)cc1)=N[C@@H](CC(=O)NCC(=O)NCCc1ccc(O)c(N)c1)c1nnc(C)n1-2. The molecule has 0 bridgehead atoms. The molecule has 0 saturated carbocycles. The van der Waals surface area contributed by atoms with Crippen molar-refractivity contribution in [2.75, 3.05) is 25.9 Å². The highest BCUT2D eigenvalue weighted by molar-refractivity contribution is 6.30. The van der Waals surface area contributed by atoms with Crippen LogP contribution in [0.2, 0.25) is 5.02 Å². The van der Waals surface area contributed by atoms with Gasteiger partial charge in [-0.25, -0.2) is 0 Å². The summed E-state index contributed by atoms with van der Waals surface area (Å²) in [6, 6.07) is 17.2. The molecule has 12 heteroatoms. The van der Waals surface area contributed by atoms with Gasteiger partial charge in [0, 0.05) is 22.7 Å². The lowest BCUT2D eigenvalue weighted by atomic mass is 10.00. The highest BCUT2D eigenvalue weighted by Crippen LogP contribution is 2.34. The van der Waals surface area contributed by atoms with Crippen molar-refractivity contribution in [1.29, 1.82) is 0 Å². The van der Waals surface area contributed by atoms with Crippen molar-refractivity contribution in [2.24, 2.45) is 4.99 Å². The second kappa shape index (κ2) is 12.3. The second-order valence-electron chi connectivity index (χ2n) is 9.80. The number of halogens is 1. The van der Waals surface area contributed by atoms with Gasteiger partial charge in [0.15, 0.2) is 5.82 Å². The van der Waals surface area contributed by atoms with E-state index in [0.717, 1.165) is 22.4 Å². The Kier molecular flexibility index (Phi) is 8.39. The van der Waals surface area contributed by atoms with E-state index >= 15 is 0 Å². The molecule has 216 valence electrons. The van der Waals surface area contributed by atoms with Crippen LogP contribution in [0.1, 0.15) is 40.8 Å². The van der Waals surface area contributed by atoms with Gasteiger partial charge < -0.3 is 26.2 Å². The molecule has 2 heterocycles. The van der Waals surface area contributed by atoms with E-state index in [-0.39, 0.29) is 36.2 Å². The summed E-state index contributed by atoms with van der Waals surface area (Å²) in [5.74, 6) is 1.12. The van der Waals surface area contributed by atoms with Gasteiger partial charge in [0.2, 0.25) is 11.8 Å². The fourth-order valence-electron chi connectivity index (χ4n) is 4.77. The van der Waals surface area contributed by atoms with E-state index in [4.69, 9.17) is 27.1 Å². The number of ether oxygens (including phenoxy) is 1. The van der Waals surface area contributed by atoms with Crippen molar-refractivity contribution in [2.45, 2.75) is 25.8 Å². The topological polar surface area (TPSA) is 157 Å². The molecule has 5 N–H and O–H groups in total. The predicted octanol–water partition coefficient (Wildman–Crippen LogP) is 3.28. The summed E-state index contributed by atoms with van der Waals surface area (Å²) in [5.41, 5.74) is 9.92. The largest absolute Gasteiger partial charge is 0.506 e. The first-order chi connectivity index (χ1) is 20.2. The first-order valence-corrected chi connectivity index (χ1v) is 13.7. The summed E-state index contributed by atoms with van der Waals surface area (Å²) in [5, 5.41) is 24.3. The highest BCUT2D eigenvalue weighted by atomic mass is 35.5. The molecular formula is C30H30ClN7O4. The number of phenolic OH excluding ortho intramolecular Hbond substituents is 1. The molecule has 0 saturated heterocycles. The fourth-order valence-corrected chi connectivity index (χ4v) is 4.90. The second-order valence-corrected chi connectivity index (χ2v) is 10.2. The van der Waals surface area contributed by atoms with Crippen LogP contribution in [0.4, 0.5) is 5.69 Å². The van der Waals surface area contributed by atoms with Gasteiger partial charge in [-0.15, -0.1) is 10.2 Å². The predicted molar refractivity (Wildman–Crippen MR) is 159 cm³/mol. The maximum Gasteiger partial charge on any atom is 0.239 e. The summed E-state index contributed by atoms with van der Waals surface area (Å²) in [4.78, 5) is 30.5. The summed E-state index contributed by atoms with van der Waals surface area (Å²) in [6.45, 7) is 1.99. The van der Waals surface area contributed by atoms with Crippen LogP contribution in [-0.4, -0.2) is 57.6 Å². The zero-order valence-corrected chi connectivity index (χ0v) is 23.9. The van der Waals surface area contributed by atoms with Crippen molar-refractivity contribution in [3.05, 3.63) is 94.0 Å². The molecular weight excluding hydrogens is 558 g/mol. The van der Waals surface area contributed by atoms with Gasteiger partial charge in [0.1, 0.15) is 23.4 Å². The maximum absolute atomic E-state index is 13.1. The molecule has 0 aliphatic carbocycles. The Hall–Kier alpha value is -4.90. The Balaban J connectivity index is 1.33. The normalized spacial score (nSPS) is 13.8. The molecule has 1 aromatic heterocycles. The molecule has 0 fully saturated rings. The van der Waals surface area contributed by atoms with E-state index in [1.54, 1.807) is 31.4 Å². The highest BCUT2D eigenvalue weighted by Gasteiger charge is 2.30. The van der Waals surface area contributed by atoms with Crippen molar-refractivity contribution >= 4 is 34.8 Å². The minimum Gasteiger partial charge on any atom is -0.506 e. The van der Waals surface area contributed by atoms with E-state index in [1.807, 2.05) is 41.8 Å². The Morgan fingerprint density at radius 1 is 1.05 bits per heavy atom. The van der Waals surface area contributed by atoms with Crippen LogP contribution in [-0.2, 0) is 16.0 Å². The number of aryl methyl sites for hydroxylation is 1. The number of phenols is 1. The number of anilines is 1. The Labute approximate surface area is 247 Å². The number of hydrogen-bond donors (Lipinski definition) is 4. The Morgan fingerprint density at radius 2 is 1.83 bits per heavy atom. The molecule has 3 aromatic carbocycles. The van der Waals surface area contributed by atoms with E-state index in [1.165, 1.54) is 6.07 Å². The van der Waals surface area contributed by atoms with E-state index in [9.17, 15) is 14.7 Å². The smallest absolute Gasteiger partial charge is 0.239 e. The monoisotopic (exact) mass is 587 g/mol. The Bertz CT molecular complexity index is 1670. The quantitative estimate of drug-likeness (QED) is 0.173. The summed E-state index contributed by atoms with van der Waals surface area (Å²) < 4.78 is 7.39. The molecule has 1 aliphatic rings. The molecule has 42 heavy (non-hydrogen) atoms. The zero-order valence-electron chi connectivity index (χ0n) is 23.1. The molecule has 0 radical (unpaired) electrons. The average molecular weight is 588 g/mol. The van der Waals surface area contributed by atoms with Crippen LogP contribution in [0.25, 0.3) is 5.69 Å². The lowest BCUT2D eigenvalue weighted by molar-refractivity contribution is -0.126. The standard InChI is InChI=1S/C30H30ClN7O4/c1-17-36-37-30-24(15-27(40)34-16-28(41)33-12-11-18-3-10-26(39)23(32)13-18)35-29(19-4-6-20(31)7-5-19)22-14-21(42-2)8-9-25(22)38(17)30/h3-10,13-14,24,39H,11-12,15-16,32H2,1-2H3,(H,33,41)(H,34,40)/t24-/m0/s1. The van der Waals surface area contributed by atoms with Crippen LogP contribution in [0.15, 0.2) is 65.7 Å². The number of nitrogens with one attached hydrogen (secondary N) is 2. The zero-order chi connectivity index (χ0) is 29.8. The number of nitrogens with zero attached hydrogens (tertiary/aromatic N) is 4. The molecule has 2 amide bonds. The molecule has 0 unspecified atom stereocenters. The van der Waals surface area contributed by atoms with Crippen molar-refractivity contribution in [3.63, 3.8) is 0 Å². The van der Waals surface area contributed by atoms with Crippen molar-refractivity contribution < 1.29 is 19.4 Å². The van der Waals surface area contributed by atoms with Crippen LogP contribution in [0.5, 0.6) is 11.5 Å². The number of aromatic hydroxyl groups is 1. The van der Waals surface area contributed by atoms with E-state index in [2.05, 4.69) is 20.8 Å². The summed E-state index contributed by atoms with van der Waals surface area (Å²) in [7, 11) is 1.60. The van der Waals surface area contributed by atoms with Crippen LogP contribution in [0, 0.1) is 6.92 Å². The van der Waals surface area contributed by atoms with Crippen molar-refractivity contribution in [1.82, 2.24) is 25.4 Å². The molecule has 5 rings (SSSR count). The third-order valence-electron chi connectivity index (χ3n) is 6.90. The number of benzene rings is 3. The number of aromatic nitrogens is 3. The number of carbonyl (C=O) groups excluding carboxylic acids is 2. The molecule has 1 aliphatic heterocycles. The first kappa shape index (κ1) is 28.6. The van der Waals surface area contributed by atoms with Crippen LogP contribution in [0.3, 0.4) is 0 Å². The molecule has 1 atom stereocenters. The number of nitrogens with two attached hydrogens (primary N) is 1. The number of rotatable bonds is 9. The van der Waals surface area contributed by atoms with Crippen LogP contribution >= 0.6 is 11.6 Å². The number of amides is 2. The van der Waals surface area contributed by atoms with Gasteiger partial charge in [-0.05, 0) is 61.4 Å². The van der Waals surface area contributed by atoms with E-state index < -0.39 is 6.04 Å². The number of methoxy groups -OCH3 is 1. The molecule has 11 nitrogen and oxygen atoms in total. The number of hydrogen-bond acceptors (Lipinski definition) is 8. The first-order valence-electron chi connectivity index (χ1n) is 13.3. The summed E-state index contributed by atoms with van der Waals surface area (Å²) in [6.07, 6.45) is 0.467. The van der Waals surface area contributed by atoms with Gasteiger partial charge in [-0.3, -0.25) is 19.1 Å². The lowest BCUT2D eigenvalue weighted by Gasteiger charge is -2.14. The van der Waals surface area contributed by atoms with Gasteiger partial charge in [-0.2, -0.15) is 0 Å². The van der Waals surface area contributed by atoms with Gasteiger partial charge in [-0.1, -0.05) is 29.8 Å².